The molecule has 1 saturated heterocycles. The first-order valence-corrected chi connectivity index (χ1v) is 13.9. The lowest BCUT2D eigenvalue weighted by atomic mass is 10.1. The number of carbonyl (C=O) groups excluding carboxylic acids is 3. The average molecular weight is 602 g/mol. The van der Waals surface area contributed by atoms with Gasteiger partial charge < -0.3 is 10.1 Å². The molecule has 0 unspecified atom stereocenters. The van der Waals surface area contributed by atoms with Crippen molar-refractivity contribution in [3.8, 4) is 5.75 Å². The summed E-state index contributed by atoms with van der Waals surface area (Å²) in [5.74, 6) is -0.235. The van der Waals surface area contributed by atoms with Crippen LogP contribution in [-0.4, -0.2) is 28.6 Å². The molecule has 196 valence electrons. The number of amides is 3. The highest BCUT2D eigenvalue weighted by molar-refractivity contribution is 9.10. The number of nitrogens with zero attached hydrogens (tertiary/aromatic N) is 1. The molecule has 1 aliphatic rings. The highest BCUT2D eigenvalue weighted by Gasteiger charge is 2.35. The summed E-state index contributed by atoms with van der Waals surface area (Å²) < 4.78 is 6.61. The van der Waals surface area contributed by atoms with Crippen LogP contribution >= 0.6 is 27.7 Å². The molecule has 6 nitrogen and oxygen atoms in total. The number of hydrogen-bond donors (Lipinski definition) is 1. The number of anilines is 1. The number of rotatable bonds is 7. The normalized spacial score (nSPS) is 14.3. The van der Waals surface area contributed by atoms with Crippen LogP contribution in [0.4, 0.5) is 10.5 Å². The molecule has 0 aromatic heterocycles. The summed E-state index contributed by atoms with van der Waals surface area (Å²) in [6.45, 7) is 3.87. The standard InChI is InChI=1S/C31H25BrN2O4S/c1-19-7-8-20(2)26(13-19)33-29(35)18-38-27-12-11-25(32)15-24(27)16-28-30(36)34(31(37)39-28)17-21-9-10-22-5-3-4-6-23(22)14-21/h3-16H,17-18H2,1-2H3,(H,33,35)/b28-16-. The molecule has 0 spiro atoms. The quantitative estimate of drug-likeness (QED) is 0.223. The van der Waals surface area contributed by atoms with Crippen molar-refractivity contribution in [3.63, 3.8) is 0 Å². The first-order chi connectivity index (χ1) is 18.8. The SMILES string of the molecule is Cc1ccc(C)c(NC(=O)COc2ccc(Br)cc2/C=C2\SC(=O)N(Cc3ccc4ccccc4c3)C2=O)c1. The van der Waals surface area contributed by atoms with E-state index in [-0.39, 0.29) is 30.2 Å². The van der Waals surface area contributed by atoms with Crippen LogP contribution in [0.3, 0.4) is 0 Å². The van der Waals surface area contributed by atoms with Gasteiger partial charge in [0.2, 0.25) is 0 Å². The first kappa shape index (κ1) is 26.7. The molecule has 5 rings (SSSR count). The number of imide groups is 1. The maximum atomic E-state index is 13.2. The van der Waals surface area contributed by atoms with Gasteiger partial charge in [-0.15, -0.1) is 0 Å². The summed E-state index contributed by atoms with van der Waals surface area (Å²) in [5.41, 5.74) is 4.19. The third-order valence-corrected chi connectivity index (χ3v) is 7.71. The van der Waals surface area contributed by atoms with Gasteiger partial charge in [0, 0.05) is 15.7 Å². The van der Waals surface area contributed by atoms with Gasteiger partial charge in [-0.25, -0.2) is 0 Å². The maximum Gasteiger partial charge on any atom is 0.293 e. The molecule has 0 radical (unpaired) electrons. The molecule has 4 aromatic carbocycles. The summed E-state index contributed by atoms with van der Waals surface area (Å²) in [4.78, 5) is 40.1. The second-order valence-corrected chi connectivity index (χ2v) is 11.2. The Labute approximate surface area is 239 Å². The minimum atomic E-state index is -0.364. The van der Waals surface area contributed by atoms with Gasteiger partial charge >= 0.3 is 0 Å². The van der Waals surface area contributed by atoms with Crippen molar-refractivity contribution in [1.82, 2.24) is 4.90 Å². The van der Waals surface area contributed by atoms with Gasteiger partial charge in [0.15, 0.2) is 6.61 Å². The molecule has 1 aliphatic heterocycles. The summed E-state index contributed by atoms with van der Waals surface area (Å²) in [7, 11) is 0. The second-order valence-electron chi connectivity index (χ2n) is 9.29. The Balaban J connectivity index is 1.31. The zero-order valence-electron chi connectivity index (χ0n) is 21.4. The highest BCUT2D eigenvalue weighted by Crippen LogP contribution is 2.36. The van der Waals surface area contributed by atoms with E-state index in [1.54, 1.807) is 24.3 Å². The van der Waals surface area contributed by atoms with Gasteiger partial charge in [-0.3, -0.25) is 19.3 Å². The van der Waals surface area contributed by atoms with E-state index >= 15 is 0 Å². The van der Waals surface area contributed by atoms with Crippen LogP contribution in [0.25, 0.3) is 16.8 Å². The van der Waals surface area contributed by atoms with Crippen molar-refractivity contribution < 1.29 is 19.1 Å². The number of hydrogen-bond acceptors (Lipinski definition) is 5. The zero-order valence-corrected chi connectivity index (χ0v) is 23.8. The van der Waals surface area contributed by atoms with E-state index in [9.17, 15) is 14.4 Å². The third-order valence-electron chi connectivity index (χ3n) is 6.31. The van der Waals surface area contributed by atoms with Crippen molar-refractivity contribution in [2.45, 2.75) is 20.4 Å². The molecule has 4 aromatic rings. The van der Waals surface area contributed by atoms with Crippen molar-refractivity contribution in [2.75, 3.05) is 11.9 Å². The second kappa shape index (κ2) is 11.5. The molecule has 39 heavy (non-hydrogen) atoms. The largest absolute Gasteiger partial charge is 0.483 e. The minimum Gasteiger partial charge on any atom is -0.483 e. The monoisotopic (exact) mass is 600 g/mol. The number of carbonyl (C=O) groups is 3. The van der Waals surface area contributed by atoms with E-state index in [0.717, 1.165) is 49.4 Å². The van der Waals surface area contributed by atoms with E-state index < -0.39 is 0 Å². The van der Waals surface area contributed by atoms with Gasteiger partial charge in [-0.2, -0.15) is 0 Å². The van der Waals surface area contributed by atoms with Crippen LogP contribution in [0.1, 0.15) is 22.3 Å². The Hall–Kier alpha value is -3.88. The molecule has 1 N–H and O–H groups in total. The maximum absolute atomic E-state index is 13.2. The van der Waals surface area contributed by atoms with E-state index in [1.165, 1.54) is 4.90 Å². The Bertz CT molecular complexity index is 1650. The van der Waals surface area contributed by atoms with Crippen molar-refractivity contribution in [2.24, 2.45) is 0 Å². The number of benzene rings is 4. The molecular formula is C31H25BrN2O4S. The molecule has 0 atom stereocenters. The van der Waals surface area contributed by atoms with Crippen LogP contribution in [0.2, 0.25) is 0 Å². The van der Waals surface area contributed by atoms with Crippen LogP contribution in [-0.2, 0) is 16.1 Å². The molecule has 0 saturated carbocycles. The number of nitrogens with one attached hydrogen (secondary N) is 1. The number of fused-ring (bicyclic) bond motifs is 1. The van der Waals surface area contributed by atoms with Gasteiger partial charge in [-0.05, 0) is 89.5 Å². The van der Waals surface area contributed by atoms with E-state index in [2.05, 4.69) is 21.2 Å². The number of ether oxygens (including phenoxy) is 1. The number of thioether (sulfide) groups is 1. The molecule has 0 bridgehead atoms. The molecule has 8 heteroatoms. The molecular weight excluding hydrogens is 576 g/mol. The Morgan fingerprint density at radius 1 is 0.974 bits per heavy atom. The van der Waals surface area contributed by atoms with Gasteiger partial charge in [-0.1, -0.05) is 64.5 Å². The fraction of sp³-hybridized carbons (Fsp3) is 0.129. The van der Waals surface area contributed by atoms with Crippen molar-refractivity contribution in [1.29, 1.82) is 0 Å². The molecule has 0 aliphatic carbocycles. The van der Waals surface area contributed by atoms with Crippen LogP contribution in [0, 0.1) is 13.8 Å². The van der Waals surface area contributed by atoms with Crippen LogP contribution in [0.5, 0.6) is 5.75 Å². The van der Waals surface area contributed by atoms with E-state index in [1.807, 2.05) is 74.5 Å². The third kappa shape index (κ3) is 6.24. The van der Waals surface area contributed by atoms with Crippen molar-refractivity contribution in [3.05, 3.63) is 110 Å². The lowest BCUT2D eigenvalue weighted by Gasteiger charge is -2.13. The summed E-state index contributed by atoms with van der Waals surface area (Å²) in [6.07, 6.45) is 1.63. The van der Waals surface area contributed by atoms with Gasteiger partial charge in [0.25, 0.3) is 17.1 Å². The van der Waals surface area contributed by atoms with E-state index in [0.29, 0.717) is 16.2 Å². The van der Waals surface area contributed by atoms with E-state index in [4.69, 9.17) is 4.74 Å². The summed E-state index contributed by atoms with van der Waals surface area (Å²) in [5, 5.41) is 4.70. The highest BCUT2D eigenvalue weighted by atomic mass is 79.9. The Kier molecular flexibility index (Phi) is 7.86. The lowest BCUT2D eigenvalue weighted by Crippen LogP contribution is -2.27. The number of halogens is 1. The van der Waals surface area contributed by atoms with Gasteiger partial charge in [0.1, 0.15) is 5.75 Å². The average Bonchev–Trinajstić information content (AvgIpc) is 3.17. The van der Waals surface area contributed by atoms with Crippen LogP contribution in [0.15, 0.2) is 88.2 Å². The van der Waals surface area contributed by atoms with Crippen molar-refractivity contribution >= 4 is 67.3 Å². The topological polar surface area (TPSA) is 75.7 Å². The molecule has 1 fully saturated rings. The lowest BCUT2D eigenvalue weighted by molar-refractivity contribution is -0.123. The predicted octanol–water partition coefficient (Wildman–Crippen LogP) is 7.47. The molecule has 1 heterocycles. The fourth-order valence-corrected chi connectivity index (χ4v) is 5.47. The fourth-order valence-electron chi connectivity index (χ4n) is 4.26. The van der Waals surface area contributed by atoms with Gasteiger partial charge in [0.05, 0.1) is 11.4 Å². The first-order valence-electron chi connectivity index (χ1n) is 12.3. The summed E-state index contributed by atoms with van der Waals surface area (Å²) >= 11 is 4.35. The predicted molar refractivity (Wildman–Crippen MR) is 160 cm³/mol. The minimum absolute atomic E-state index is 0.188. The Morgan fingerprint density at radius 2 is 1.77 bits per heavy atom. The number of aryl methyl sites for hydroxylation is 2. The van der Waals surface area contributed by atoms with Crippen LogP contribution < -0.4 is 10.1 Å². The summed E-state index contributed by atoms with van der Waals surface area (Å²) in [6, 6.07) is 25.0. The smallest absolute Gasteiger partial charge is 0.293 e. The zero-order chi connectivity index (χ0) is 27.5. The Morgan fingerprint density at radius 3 is 2.59 bits per heavy atom. The molecule has 3 amide bonds.